The van der Waals surface area contributed by atoms with Gasteiger partial charge in [0.2, 0.25) is 0 Å². The Balaban J connectivity index is 1.87. The molecule has 2 heterocycles. The summed E-state index contributed by atoms with van der Waals surface area (Å²) in [6.45, 7) is 2.40. The van der Waals surface area contributed by atoms with Crippen LogP contribution in [0.25, 0.3) is 0 Å². The van der Waals surface area contributed by atoms with E-state index in [4.69, 9.17) is 0 Å². The first-order chi connectivity index (χ1) is 9.21. The number of carbonyl (C=O) groups is 1. The van der Waals surface area contributed by atoms with Crippen LogP contribution in [-0.2, 0) is 0 Å². The third-order valence-electron chi connectivity index (χ3n) is 4.39. The zero-order valence-corrected chi connectivity index (χ0v) is 11.0. The number of H-pyrrole nitrogens is 2. The van der Waals surface area contributed by atoms with Crippen LogP contribution in [0.2, 0.25) is 0 Å². The number of aromatic amines is 2. The Bertz CT molecular complexity index is 504. The molecule has 1 spiro atoms. The summed E-state index contributed by atoms with van der Waals surface area (Å²) in [6, 6.07) is 0. The molecule has 1 aliphatic heterocycles. The lowest BCUT2D eigenvalue weighted by Crippen LogP contribution is -2.63. The molecule has 104 valence electrons. The molecule has 1 aromatic heterocycles. The van der Waals surface area contributed by atoms with Crippen LogP contribution in [0, 0.1) is 0 Å². The smallest absolute Gasteiger partial charge is 0.323 e. The molecular weight excluding hydrogens is 244 g/mol. The Hall–Kier alpha value is -1.56. The first-order valence-corrected chi connectivity index (χ1v) is 7.02. The monoisotopic (exact) mass is 264 g/mol. The molecule has 1 amide bonds. The third-order valence-corrected chi connectivity index (χ3v) is 4.39. The maximum atomic E-state index is 12.6. The second-order valence-electron chi connectivity index (χ2n) is 5.58. The van der Waals surface area contributed by atoms with E-state index in [9.17, 15) is 9.59 Å². The van der Waals surface area contributed by atoms with Crippen LogP contribution in [-0.4, -0.2) is 45.9 Å². The normalized spacial score (nSPS) is 22.6. The zero-order valence-electron chi connectivity index (χ0n) is 11.0. The number of nitrogens with zero attached hydrogens (tertiary/aromatic N) is 1. The molecule has 0 atom stereocenters. The molecule has 6 nitrogen and oxygen atoms in total. The Labute approximate surface area is 111 Å². The number of hydrogen-bond donors (Lipinski definition) is 3. The fourth-order valence-electron chi connectivity index (χ4n) is 3.41. The van der Waals surface area contributed by atoms with Gasteiger partial charge in [0.05, 0.1) is 5.54 Å². The van der Waals surface area contributed by atoms with E-state index in [2.05, 4.69) is 15.3 Å². The highest BCUT2D eigenvalue weighted by atomic mass is 16.2. The van der Waals surface area contributed by atoms with Crippen LogP contribution in [0.1, 0.15) is 42.6 Å². The maximum Gasteiger partial charge on any atom is 0.323 e. The Morgan fingerprint density at radius 2 is 2.05 bits per heavy atom. The van der Waals surface area contributed by atoms with Crippen LogP contribution < -0.4 is 11.0 Å². The molecule has 0 bridgehead atoms. The summed E-state index contributed by atoms with van der Waals surface area (Å²) < 4.78 is 0. The number of hydrogen-bond acceptors (Lipinski definition) is 3. The summed E-state index contributed by atoms with van der Waals surface area (Å²) >= 11 is 0. The second kappa shape index (κ2) is 4.85. The second-order valence-corrected chi connectivity index (χ2v) is 5.58. The van der Waals surface area contributed by atoms with Crippen molar-refractivity contribution in [3.63, 3.8) is 0 Å². The van der Waals surface area contributed by atoms with Crippen molar-refractivity contribution in [1.82, 2.24) is 20.2 Å². The van der Waals surface area contributed by atoms with E-state index >= 15 is 0 Å². The number of aromatic nitrogens is 2. The Morgan fingerprint density at radius 3 is 2.74 bits per heavy atom. The topological polar surface area (TPSA) is 81.0 Å². The molecule has 19 heavy (non-hydrogen) atoms. The number of carbonyl (C=O) groups excluding carboxylic acids is 1. The number of imidazole rings is 1. The fourth-order valence-corrected chi connectivity index (χ4v) is 3.41. The van der Waals surface area contributed by atoms with Gasteiger partial charge in [-0.05, 0) is 12.8 Å². The van der Waals surface area contributed by atoms with Crippen molar-refractivity contribution >= 4 is 5.91 Å². The predicted molar refractivity (Wildman–Crippen MR) is 71.1 cm³/mol. The van der Waals surface area contributed by atoms with Gasteiger partial charge in [-0.1, -0.05) is 19.3 Å². The highest BCUT2D eigenvalue weighted by Crippen LogP contribution is 2.35. The van der Waals surface area contributed by atoms with Crippen molar-refractivity contribution in [3.05, 3.63) is 22.4 Å². The van der Waals surface area contributed by atoms with Gasteiger partial charge in [-0.3, -0.25) is 4.79 Å². The zero-order chi connectivity index (χ0) is 13.3. The lowest BCUT2D eigenvalue weighted by atomic mass is 9.79. The molecule has 1 aliphatic carbocycles. The van der Waals surface area contributed by atoms with Crippen molar-refractivity contribution in [2.45, 2.75) is 37.6 Å². The highest BCUT2D eigenvalue weighted by Gasteiger charge is 2.42. The Morgan fingerprint density at radius 1 is 1.26 bits per heavy atom. The van der Waals surface area contributed by atoms with Gasteiger partial charge in [-0.15, -0.1) is 0 Å². The lowest BCUT2D eigenvalue weighted by Gasteiger charge is -2.49. The van der Waals surface area contributed by atoms with Crippen molar-refractivity contribution in [3.8, 4) is 0 Å². The summed E-state index contributed by atoms with van der Waals surface area (Å²) in [6.07, 6.45) is 7.19. The van der Waals surface area contributed by atoms with Gasteiger partial charge in [0, 0.05) is 25.8 Å². The molecular formula is C13H20N4O2. The fraction of sp³-hybridized carbons (Fsp3) is 0.692. The molecule has 2 fully saturated rings. The SMILES string of the molecule is O=C(c1c[nH]c(=O)[nH]1)N1CCNCC12CCCCC2. The summed E-state index contributed by atoms with van der Waals surface area (Å²) in [5, 5.41) is 3.41. The molecule has 0 aromatic carbocycles. The number of amides is 1. The molecule has 6 heteroatoms. The Kier molecular flexibility index (Phi) is 3.18. The number of piperazine rings is 1. The first kappa shape index (κ1) is 12.5. The van der Waals surface area contributed by atoms with Crippen LogP contribution >= 0.6 is 0 Å². The highest BCUT2D eigenvalue weighted by molar-refractivity contribution is 5.92. The molecule has 3 N–H and O–H groups in total. The van der Waals surface area contributed by atoms with E-state index in [1.54, 1.807) is 0 Å². The van der Waals surface area contributed by atoms with Gasteiger partial charge in [0.15, 0.2) is 0 Å². The van der Waals surface area contributed by atoms with E-state index in [1.807, 2.05) is 4.90 Å². The summed E-state index contributed by atoms with van der Waals surface area (Å²) in [5.41, 5.74) is -0.00473. The molecule has 3 rings (SSSR count). The summed E-state index contributed by atoms with van der Waals surface area (Å²) in [5.74, 6) is -0.0539. The van der Waals surface area contributed by atoms with Gasteiger partial charge < -0.3 is 20.2 Å². The molecule has 2 aliphatic rings. The van der Waals surface area contributed by atoms with Crippen molar-refractivity contribution in [1.29, 1.82) is 0 Å². The maximum absolute atomic E-state index is 12.6. The minimum Gasteiger partial charge on any atom is -0.329 e. The van der Waals surface area contributed by atoms with Gasteiger partial charge in [-0.25, -0.2) is 4.79 Å². The van der Waals surface area contributed by atoms with Crippen molar-refractivity contribution < 1.29 is 4.79 Å². The predicted octanol–water partition coefficient (Wildman–Crippen LogP) is 0.451. The van der Waals surface area contributed by atoms with Gasteiger partial charge >= 0.3 is 5.69 Å². The van der Waals surface area contributed by atoms with Crippen LogP contribution in [0.3, 0.4) is 0 Å². The number of nitrogens with one attached hydrogen (secondary N) is 3. The molecule has 1 saturated heterocycles. The quantitative estimate of drug-likeness (QED) is 0.689. The van der Waals surface area contributed by atoms with Crippen molar-refractivity contribution in [2.24, 2.45) is 0 Å². The van der Waals surface area contributed by atoms with Gasteiger partial charge in [0.25, 0.3) is 5.91 Å². The van der Waals surface area contributed by atoms with Gasteiger partial charge in [-0.2, -0.15) is 0 Å². The van der Waals surface area contributed by atoms with E-state index in [0.29, 0.717) is 12.2 Å². The van der Waals surface area contributed by atoms with E-state index in [0.717, 1.165) is 25.9 Å². The van der Waals surface area contributed by atoms with E-state index < -0.39 is 0 Å². The van der Waals surface area contributed by atoms with Crippen molar-refractivity contribution in [2.75, 3.05) is 19.6 Å². The van der Waals surface area contributed by atoms with E-state index in [-0.39, 0.29) is 17.1 Å². The summed E-state index contributed by atoms with van der Waals surface area (Å²) in [7, 11) is 0. The van der Waals surface area contributed by atoms with E-state index in [1.165, 1.54) is 25.5 Å². The standard InChI is InChI=1S/C13H20N4O2/c18-11(10-8-15-12(19)16-10)17-7-6-14-9-13(17)4-2-1-3-5-13/h8,14H,1-7,9H2,(H2,15,16,19). The lowest BCUT2D eigenvalue weighted by molar-refractivity contribution is 0.0218. The van der Waals surface area contributed by atoms with Crippen LogP contribution in [0.5, 0.6) is 0 Å². The molecule has 0 unspecified atom stereocenters. The average Bonchev–Trinajstić information content (AvgIpc) is 2.86. The first-order valence-electron chi connectivity index (χ1n) is 7.02. The number of rotatable bonds is 1. The molecule has 1 aromatic rings. The minimum absolute atomic E-state index is 0.0538. The average molecular weight is 264 g/mol. The molecule has 0 radical (unpaired) electrons. The summed E-state index contributed by atoms with van der Waals surface area (Å²) in [4.78, 5) is 30.8. The van der Waals surface area contributed by atoms with Gasteiger partial charge in [0.1, 0.15) is 5.69 Å². The largest absolute Gasteiger partial charge is 0.329 e. The minimum atomic E-state index is -0.323. The van der Waals surface area contributed by atoms with Crippen LogP contribution in [0.4, 0.5) is 0 Å². The third kappa shape index (κ3) is 2.20. The van der Waals surface area contributed by atoms with Crippen LogP contribution in [0.15, 0.2) is 11.0 Å². The molecule has 1 saturated carbocycles.